The summed E-state index contributed by atoms with van der Waals surface area (Å²) in [6, 6.07) is 7.13. The van der Waals surface area contributed by atoms with Gasteiger partial charge in [0.25, 0.3) is 0 Å². The van der Waals surface area contributed by atoms with Gasteiger partial charge >= 0.3 is 5.97 Å². The van der Waals surface area contributed by atoms with Gasteiger partial charge in [-0.3, -0.25) is 0 Å². The molecule has 0 N–H and O–H groups in total. The number of aryl methyl sites for hydroxylation is 1. The van der Waals surface area contributed by atoms with Gasteiger partial charge in [-0.05, 0) is 37.5 Å². The van der Waals surface area contributed by atoms with Crippen LogP contribution < -0.4 is 0 Å². The summed E-state index contributed by atoms with van der Waals surface area (Å²) >= 11 is 5.79. The molecule has 0 fully saturated rings. The molecular formula is C22H29ClN2O2. The van der Waals surface area contributed by atoms with Crippen LogP contribution in [-0.4, -0.2) is 27.9 Å². The lowest BCUT2D eigenvalue weighted by Gasteiger charge is -2.07. The van der Waals surface area contributed by atoms with E-state index in [0.29, 0.717) is 11.4 Å². The van der Waals surface area contributed by atoms with Crippen molar-refractivity contribution in [2.45, 2.75) is 64.2 Å². The molecule has 1 aromatic carbocycles. The van der Waals surface area contributed by atoms with Crippen molar-refractivity contribution in [1.29, 1.82) is 0 Å². The third-order valence-electron chi connectivity index (χ3n) is 4.35. The Hall–Kier alpha value is -1.94. The summed E-state index contributed by atoms with van der Waals surface area (Å²) in [5, 5.41) is -0.198. The second kappa shape index (κ2) is 11.7. The van der Waals surface area contributed by atoms with Crippen LogP contribution in [0.1, 0.15) is 68.3 Å². The number of rotatable bonds is 11. The van der Waals surface area contributed by atoms with Gasteiger partial charge in [0.05, 0.1) is 10.9 Å². The molecule has 27 heavy (non-hydrogen) atoms. The maximum absolute atomic E-state index is 11.9. The zero-order valence-corrected chi connectivity index (χ0v) is 17.0. The molecule has 0 saturated heterocycles. The fourth-order valence-corrected chi connectivity index (χ4v) is 2.83. The van der Waals surface area contributed by atoms with E-state index < -0.39 is 0 Å². The number of hydrogen-bond acceptors (Lipinski definition) is 4. The molecule has 0 radical (unpaired) electrons. The molecule has 1 aromatic heterocycles. The summed E-state index contributed by atoms with van der Waals surface area (Å²) in [7, 11) is 0. The summed E-state index contributed by atoms with van der Waals surface area (Å²) in [5.41, 5.74) is 2.55. The second-order valence-corrected chi connectivity index (χ2v) is 7.63. The van der Waals surface area contributed by atoms with Crippen LogP contribution in [0.25, 0.3) is 11.4 Å². The molecule has 0 amide bonds. The predicted molar refractivity (Wildman–Crippen MR) is 110 cm³/mol. The maximum atomic E-state index is 11.9. The van der Waals surface area contributed by atoms with Gasteiger partial charge < -0.3 is 4.74 Å². The standard InChI is InChI=1S/C22H29ClN2O2/c1-3-4-5-6-7-8-9-18-14-24-21(25-15-18)19-10-12-20(13-11-19)22(26)27-16-17(2)23/h10-15,17H,3-9,16H2,1-2H3/t17-/m1/s1. The van der Waals surface area contributed by atoms with E-state index in [4.69, 9.17) is 16.3 Å². The van der Waals surface area contributed by atoms with E-state index in [9.17, 15) is 4.79 Å². The maximum Gasteiger partial charge on any atom is 0.338 e. The molecule has 1 atom stereocenters. The van der Waals surface area contributed by atoms with Crippen LogP contribution in [0.3, 0.4) is 0 Å². The fourth-order valence-electron chi connectivity index (χ4n) is 2.77. The average Bonchev–Trinajstić information content (AvgIpc) is 2.69. The van der Waals surface area contributed by atoms with E-state index in [2.05, 4.69) is 16.9 Å². The second-order valence-electron chi connectivity index (χ2n) is 6.89. The highest BCUT2D eigenvalue weighted by Crippen LogP contribution is 2.17. The minimum atomic E-state index is -0.371. The molecule has 0 unspecified atom stereocenters. The van der Waals surface area contributed by atoms with Crippen LogP contribution in [0.2, 0.25) is 0 Å². The van der Waals surface area contributed by atoms with Crippen LogP contribution in [0.15, 0.2) is 36.7 Å². The average molecular weight is 389 g/mol. The van der Waals surface area contributed by atoms with Gasteiger partial charge in [-0.2, -0.15) is 0 Å². The lowest BCUT2D eigenvalue weighted by Crippen LogP contribution is -2.11. The van der Waals surface area contributed by atoms with E-state index >= 15 is 0 Å². The van der Waals surface area contributed by atoms with E-state index in [-0.39, 0.29) is 18.0 Å². The zero-order valence-electron chi connectivity index (χ0n) is 16.3. The van der Waals surface area contributed by atoms with Crippen LogP contribution in [0.4, 0.5) is 0 Å². The summed E-state index contributed by atoms with van der Waals surface area (Å²) in [6.45, 7) is 4.22. The summed E-state index contributed by atoms with van der Waals surface area (Å²) in [5.74, 6) is 0.292. The molecule has 4 nitrogen and oxygen atoms in total. The quantitative estimate of drug-likeness (QED) is 0.276. The van der Waals surface area contributed by atoms with Gasteiger partial charge in [0.2, 0.25) is 0 Å². The van der Waals surface area contributed by atoms with Crippen LogP contribution in [-0.2, 0) is 11.2 Å². The number of hydrogen-bond donors (Lipinski definition) is 0. The van der Waals surface area contributed by atoms with Crippen LogP contribution in [0, 0.1) is 0 Å². The minimum absolute atomic E-state index is 0.198. The first kappa shape index (κ1) is 21.4. The smallest absolute Gasteiger partial charge is 0.338 e. The number of esters is 1. The molecule has 0 spiro atoms. The van der Waals surface area contributed by atoms with Gasteiger partial charge in [-0.25, -0.2) is 14.8 Å². The van der Waals surface area contributed by atoms with Crippen LogP contribution >= 0.6 is 11.6 Å². The van der Waals surface area contributed by atoms with Gasteiger partial charge in [0.1, 0.15) is 6.61 Å². The number of aromatic nitrogens is 2. The van der Waals surface area contributed by atoms with Crippen molar-refractivity contribution >= 4 is 17.6 Å². The van der Waals surface area contributed by atoms with Gasteiger partial charge in [0, 0.05) is 18.0 Å². The molecule has 1 heterocycles. The first-order chi connectivity index (χ1) is 13.1. The largest absolute Gasteiger partial charge is 0.461 e. The number of nitrogens with zero attached hydrogens (tertiary/aromatic N) is 2. The van der Waals surface area contributed by atoms with Crippen molar-refractivity contribution in [3.63, 3.8) is 0 Å². The number of carbonyl (C=O) groups is 1. The third-order valence-corrected chi connectivity index (χ3v) is 4.47. The molecule has 0 aliphatic carbocycles. The minimum Gasteiger partial charge on any atom is -0.461 e. The Morgan fingerprint density at radius 2 is 1.67 bits per heavy atom. The number of unbranched alkanes of at least 4 members (excludes halogenated alkanes) is 5. The highest BCUT2D eigenvalue weighted by molar-refractivity contribution is 6.20. The Kier molecular flexibility index (Phi) is 9.26. The number of carbonyl (C=O) groups excluding carboxylic acids is 1. The van der Waals surface area contributed by atoms with Crippen molar-refractivity contribution in [1.82, 2.24) is 9.97 Å². The van der Waals surface area contributed by atoms with Gasteiger partial charge in [-0.1, -0.05) is 51.2 Å². The Balaban J connectivity index is 1.84. The third kappa shape index (κ3) is 7.67. The van der Waals surface area contributed by atoms with E-state index in [1.807, 2.05) is 24.5 Å². The zero-order chi connectivity index (χ0) is 19.5. The van der Waals surface area contributed by atoms with Crippen molar-refractivity contribution < 1.29 is 9.53 Å². The Labute approximate surface area is 167 Å². The molecule has 2 aromatic rings. The number of ether oxygens (including phenoxy) is 1. The highest BCUT2D eigenvalue weighted by atomic mass is 35.5. The molecule has 146 valence electrons. The normalized spacial score (nSPS) is 12.0. The summed E-state index contributed by atoms with van der Waals surface area (Å²) in [4.78, 5) is 20.8. The Morgan fingerprint density at radius 3 is 2.30 bits per heavy atom. The van der Waals surface area contributed by atoms with Crippen molar-refractivity contribution in [2.75, 3.05) is 6.61 Å². The lowest BCUT2D eigenvalue weighted by atomic mass is 10.1. The number of alkyl halides is 1. The number of benzene rings is 1. The van der Waals surface area contributed by atoms with Gasteiger partial charge in [0.15, 0.2) is 5.82 Å². The van der Waals surface area contributed by atoms with E-state index in [1.54, 1.807) is 19.1 Å². The van der Waals surface area contributed by atoms with Crippen LogP contribution in [0.5, 0.6) is 0 Å². The fraction of sp³-hybridized carbons (Fsp3) is 0.500. The van der Waals surface area contributed by atoms with Gasteiger partial charge in [-0.15, -0.1) is 11.6 Å². The molecule has 5 heteroatoms. The highest BCUT2D eigenvalue weighted by Gasteiger charge is 2.09. The first-order valence-electron chi connectivity index (χ1n) is 9.82. The van der Waals surface area contributed by atoms with Crippen molar-refractivity contribution in [2.24, 2.45) is 0 Å². The topological polar surface area (TPSA) is 52.1 Å². The number of halogens is 1. The molecule has 0 aliphatic heterocycles. The molecule has 0 aliphatic rings. The lowest BCUT2D eigenvalue weighted by molar-refractivity contribution is 0.0508. The van der Waals surface area contributed by atoms with Crippen molar-refractivity contribution in [3.8, 4) is 11.4 Å². The SMILES string of the molecule is CCCCCCCCc1cnc(-c2ccc(C(=O)OC[C@@H](C)Cl)cc2)nc1. The monoisotopic (exact) mass is 388 g/mol. The molecule has 2 rings (SSSR count). The molecule has 0 bridgehead atoms. The summed E-state index contributed by atoms with van der Waals surface area (Å²) in [6.07, 6.45) is 12.5. The Morgan fingerprint density at radius 1 is 1.04 bits per heavy atom. The van der Waals surface area contributed by atoms with E-state index in [1.165, 1.54) is 44.1 Å². The molecule has 0 saturated carbocycles. The Bertz CT molecular complexity index is 684. The van der Waals surface area contributed by atoms with E-state index in [0.717, 1.165) is 12.0 Å². The van der Waals surface area contributed by atoms with Crippen molar-refractivity contribution in [3.05, 3.63) is 47.8 Å². The molecular weight excluding hydrogens is 360 g/mol. The first-order valence-corrected chi connectivity index (χ1v) is 10.3. The predicted octanol–water partition coefficient (Wildman–Crippen LogP) is 5.83. The summed E-state index contributed by atoms with van der Waals surface area (Å²) < 4.78 is 5.12.